The van der Waals surface area contributed by atoms with Gasteiger partial charge in [0.05, 0.1) is 14.2 Å². The summed E-state index contributed by atoms with van der Waals surface area (Å²) in [5, 5.41) is 8.72. The average molecular weight is 419 g/mol. The second-order valence-electron chi connectivity index (χ2n) is 7.10. The topological polar surface area (TPSA) is 76.1 Å². The maximum absolute atomic E-state index is 13.9. The van der Waals surface area contributed by atoms with Crippen LogP contribution in [0.5, 0.6) is 11.5 Å². The predicted molar refractivity (Wildman–Crippen MR) is 106 cm³/mol. The number of unbranched alkanes of at least 4 members (excludes halogenated alkanes) is 2. The monoisotopic (exact) mass is 419 g/mol. The third kappa shape index (κ3) is 4.37. The van der Waals surface area contributed by atoms with Crippen molar-refractivity contribution in [3.63, 3.8) is 0 Å². The standard InChI is InChI=1S/C22H23F2NO5/c1-29-18-11-16-17(12-25(22(16)28)7-5-3-4-6-19(26)27)20(21(18)30-2)13-8-14(23)10-15(24)9-13/h8-11H,3-7,12H2,1-2H3,(H,26,27). The Morgan fingerprint density at radius 2 is 1.77 bits per heavy atom. The van der Waals surface area contributed by atoms with Crippen LogP contribution in [-0.4, -0.2) is 42.6 Å². The average Bonchev–Trinajstić information content (AvgIpc) is 3.00. The smallest absolute Gasteiger partial charge is 0.303 e. The van der Waals surface area contributed by atoms with Gasteiger partial charge in [0.2, 0.25) is 0 Å². The van der Waals surface area contributed by atoms with E-state index in [2.05, 4.69) is 0 Å². The minimum Gasteiger partial charge on any atom is -0.493 e. The second kappa shape index (κ2) is 9.11. The molecule has 0 spiro atoms. The van der Waals surface area contributed by atoms with Crippen LogP contribution in [0.2, 0.25) is 0 Å². The lowest BCUT2D eigenvalue weighted by molar-refractivity contribution is -0.137. The molecule has 0 fully saturated rings. The molecule has 8 heteroatoms. The van der Waals surface area contributed by atoms with Crippen molar-refractivity contribution >= 4 is 11.9 Å². The number of nitrogens with zero attached hydrogens (tertiary/aromatic N) is 1. The van der Waals surface area contributed by atoms with Crippen LogP contribution in [-0.2, 0) is 11.3 Å². The lowest BCUT2D eigenvalue weighted by atomic mass is 9.95. The van der Waals surface area contributed by atoms with E-state index in [0.29, 0.717) is 54.0 Å². The molecule has 1 aliphatic heterocycles. The fourth-order valence-corrected chi connectivity index (χ4v) is 3.76. The molecule has 2 aromatic carbocycles. The van der Waals surface area contributed by atoms with E-state index in [1.54, 1.807) is 11.0 Å². The molecule has 2 aromatic rings. The van der Waals surface area contributed by atoms with Gasteiger partial charge in [0.25, 0.3) is 5.91 Å². The van der Waals surface area contributed by atoms with Crippen LogP contribution < -0.4 is 9.47 Å². The minimum absolute atomic E-state index is 0.0951. The van der Waals surface area contributed by atoms with Gasteiger partial charge >= 0.3 is 5.97 Å². The van der Waals surface area contributed by atoms with Crippen molar-refractivity contribution in [3.05, 3.63) is 47.0 Å². The fourth-order valence-electron chi connectivity index (χ4n) is 3.76. The Labute approximate surface area is 173 Å². The third-order valence-electron chi connectivity index (χ3n) is 5.11. The number of carbonyl (C=O) groups excluding carboxylic acids is 1. The van der Waals surface area contributed by atoms with Crippen molar-refractivity contribution < 1.29 is 33.0 Å². The molecule has 0 aliphatic carbocycles. The molecule has 0 saturated heterocycles. The highest BCUT2D eigenvalue weighted by Crippen LogP contribution is 2.45. The van der Waals surface area contributed by atoms with Gasteiger partial charge in [-0.3, -0.25) is 9.59 Å². The van der Waals surface area contributed by atoms with E-state index >= 15 is 0 Å². The summed E-state index contributed by atoms with van der Waals surface area (Å²) >= 11 is 0. The van der Waals surface area contributed by atoms with Crippen molar-refractivity contribution in [2.75, 3.05) is 20.8 Å². The zero-order valence-corrected chi connectivity index (χ0v) is 16.8. The number of ether oxygens (including phenoxy) is 2. The van der Waals surface area contributed by atoms with Crippen molar-refractivity contribution in [1.29, 1.82) is 0 Å². The molecule has 160 valence electrons. The lowest BCUT2D eigenvalue weighted by Gasteiger charge is -2.17. The number of amides is 1. The van der Waals surface area contributed by atoms with Gasteiger partial charge in [-0.2, -0.15) is 0 Å². The quantitative estimate of drug-likeness (QED) is 0.615. The molecule has 30 heavy (non-hydrogen) atoms. The Balaban J connectivity index is 1.95. The summed E-state index contributed by atoms with van der Waals surface area (Å²) in [6.45, 7) is 0.718. The summed E-state index contributed by atoms with van der Waals surface area (Å²) in [4.78, 5) is 25.2. The van der Waals surface area contributed by atoms with E-state index in [9.17, 15) is 18.4 Å². The van der Waals surface area contributed by atoms with E-state index in [-0.39, 0.29) is 24.4 Å². The fraction of sp³-hybridized carbons (Fsp3) is 0.364. The van der Waals surface area contributed by atoms with E-state index < -0.39 is 17.6 Å². The van der Waals surface area contributed by atoms with E-state index in [0.717, 1.165) is 6.07 Å². The maximum Gasteiger partial charge on any atom is 0.303 e. The van der Waals surface area contributed by atoms with Gasteiger partial charge in [-0.05, 0) is 42.2 Å². The zero-order chi connectivity index (χ0) is 21.8. The molecule has 0 unspecified atom stereocenters. The Morgan fingerprint density at radius 1 is 1.07 bits per heavy atom. The number of hydrogen-bond donors (Lipinski definition) is 1. The number of carboxylic acids is 1. The molecule has 0 aromatic heterocycles. The molecule has 0 radical (unpaired) electrons. The van der Waals surface area contributed by atoms with Crippen LogP contribution >= 0.6 is 0 Å². The molecule has 1 heterocycles. The molecular formula is C22H23F2NO5. The Hall–Kier alpha value is -3.16. The molecule has 0 bridgehead atoms. The van der Waals surface area contributed by atoms with Crippen LogP contribution in [0.1, 0.15) is 41.6 Å². The maximum atomic E-state index is 13.9. The number of hydrogen-bond acceptors (Lipinski definition) is 4. The van der Waals surface area contributed by atoms with Gasteiger partial charge in [-0.25, -0.2) is 8.78 Å². The first-order chi connectivity index (χ1) is 14.3. The normalized spacial score (nSPS) is 12.8. The number of halogens is 2. The Morgan fingerprint density at radius 3 is 2.37 bits per heavy atom. The van der Waals surface area contributed by atoms with E-state index in [1.807, 2.05) is 0 Å². The molecule has 0 atom stereocenters. The first-order valence-corrected chi connectivity index (χ1v) is 9.61. The number of aliphatic carboxylic acids is 1. The van der Waals surface area contributed by atoms with Crippen LogP contribution in [0.4, 0.5) is 8.78 Å². The third-order valence-corrected chi connectivity index (χ3v) is 5.11. The van der Waals surface area contributed by atoms with Gasteiger partial charge in [0, 0.05) is 36.7 Å². The van der Waals surface area contributed by atoms with E-state index in [1.165, 1.54) is 26.4 Å². The lowest BCUT2D eigenvalue weighted by Crippen LogP contribution is -2.25. The summed E-state index contributed by atoms with van der Waals surface area (Å²) in [6.07, 6.45) is 1.98. The summed E-state index contributed by atoms with van der Waals surface area (Å²) in [7, 11) is 2.86. The molecule has 1 amide bonds. The molecule has 0 saturated carbocycles. The summed E-state index contributed by atoms with van der Waals surface area (Å²) in [6, 6.07) is 4.75. The van der Waals surface area contributed by atoms with Crippen molar-refractivity contribution in [2.24, 2.45) is 0 Å². The highest BCUT2D eigenvalue weighted by atomic mass is 19.1. The van der Waals surface area contributed by atoms with Gasteiger partial charge in [-0.1, -0.05) is 6.42 Å². The van der Waals surface area contributed by atoms with Crippen LogP contribution in [0.15, 0.2) is 24.3 Å². The van der Waals surface area contributed by atoms with E-state index in [4.69, 9.17) is 14.6 Å². The first kappa shape index (κ1) is 21.5. The highest BCUT2D eigenvalue weighted by Gasteiger charge is 2.33. The summed E-state index contributed by atoms with van der Waals surface area (Å²) < 4.78 is 38.6. The summed E-state index contributed by atoms with van der Waals surface area (Å²) in [5.41, 5.74) is 1.70. The molecule has 1 N–H and O–H groups in total. The molecule has 6 nitrogen and oxygen atoms in total. The zero-order valence-electron chi connectivity index (χ0n) is 16.8. The van der Waals surface area contributed by atoms with Gasteiger partial charge in [-0.15, -0.1) is 0 Å². The minimum atomic E-state index is -0.842. The number of methoxy groups -OCH3 is 2. The molecule has 3 rings (SSSR count). The van der Waals surface area contributed by atoms with Crippen molar-refractivity contribution in [2.45, 2.75) is 32.2 Å². The van der Waals surface area contributed by atoms with Gasteiger partial charge < -0.3 is 19.5 Å². The van der Waals surface area contributed by atoms with Crippen LogP contribution in [0, 0.1) is 11.6 Å². The van der Waals surface area contributed by atoms with Gasteiger partial charge in [0.1, 0.15) is 11.6 Å². The Kier molecular flexibility index (Phi) is 6.54. The van der Waals surface area contributed by atoms with Gasteiger partial charge in [0.15, 0.2) is 11.5 Å². The Bertz CT molecular complexity index is 956. The number of rotatable bonds is 9. The molecular weight excluding hydrogens is 396 g/mol. The highest BCUT2D eigenvalue weighted by molar-refractivity contribution is 6.02. The van der Waals surface area contributed by atoms with Crippen LogP contribution in [0.25, 0.3) is 11.1 Å². The second-order valence-corrected chi connectivity index (χ2v) is 7.10. The largest absolute Gasteiger partial charge is 0.493 e. The number of benzene rings is 2. The molecule has 1 aliphatic rings. The van der Waals surface area contributed by atoms with Crippen LogP contribution in [0.3, 0.4) is 0 Å². The number of carbonyl (C=O) groups is 2. The SMILES string of the molecule is COc1cc2c(c(-c3cc(F)cc(F)c3)c1OC)CN(CCCCCC(=O)O)C2=O. The van der Waals surface area contributed by atoms with Crippen molar-refractivity contribution in [3.8, 4) is 22.6 Å². The summed E-state index contributed by atoms with van der Waals surface area (Å²) in [5.74, 6) is -1.91. The first-order valence-electron chi connectivity index (χ1n) is 9.61. The predicted octanol–water partition coefficient (Wildman–Crippen LogP) is 4.25. The number of carboxylic acid groups (broad SMARTS) is 1. The van der Waals surface area contributed by atoms with Crippen molar-refractivity contribution in [1.82, 2.24) is 4.90 Å². The number of fused-ring (bicyclic) bond motifs is 1.